The zero-order valence-electron chi connectivity index (χ0n) is 64.3. The Labute approximate surface area is 656 Å². The zero-order chi connectivity index (χ0) is 83.8. The van der Waals surface area contributed by atoms with E-state index in [2.05, 4.69) is 20.5 Å². The first kappa shape index (κ1) is 104. The van der Waals surface area contributed by atoms with Gasteiger partial charge in [-0.15, -0.1) is 0 Å². The molecule has 0 bridgehead atoms. The van der Waals surface area contributed by atoms with Gasteiger partial charge in [-0.05, 0) is 64.7 Å². The third-order valence-electron chi connectivity index (χ3n) is 17.6. The fraction of sp³-hybridized carbons (Fsp3) is 0.952. The van der Waals surface area contributed by atoms with E-state index in [0.717, 1.165) is 7.11 Å². The van der Waals surface area contributed by atoms with Crippen LogP contribution in [0.4, 0.5) is 0 Å². The van der Waals surface area contributed by atoms with E-state index in [1.165, 1.54) is 20.8 Å². The van der Waals surface area contributed by atoms with Gasteiger partial charge in [0.25, 0.3) is 0 Å². The summed E-state index contributed by atoms with van der Waals surface area (Å²) in [6.45, 7) is -1.49. The van der Waals surface area contributed by atoms with Gasteiger partial charge in [0.15, 0.2) is 18.9 Å². The van der Waals surface area contributed by atoms with Gasteiger partial charge in [-0.25, -0.2) is 22.8 Å². The van der Waals surface area contributed by atoms with Crippen LogP contribution in [0.5, 0.6) is 0 Å². The van der Waals surface area contributed by atoms with Crippen molar-refractivity contribution in [2.75, 3.05) is 139 Å². The highest BCUT2D eigenvalue weighted by Gasteiger charge is 2.49. The molecule has 0 spiro atoms. The van der Waals surface area contributed by atoms with E-state index in [1.807, 2.05) is 0 Å². The molecule has 23 atom stereocenters. The Morgan fingerprint density at radius 3 is 0.956 bits per heavy atom. The summed E-state index contributed by atoms with van der Waals surface area (Å²) >= 11 is 0. The highest BCUT2D eigenvalue weighted by atomic mass is 31.2. The van der Waals surface area contributed by atoms with Crippen molar-refractivity contribution in [2.24, 2.45) is 5.41 Å². The van der Waals surface area contributed by atoms with E-state index in [9.17, 15) is 108 Å². The van der Waals surface area contributed by atoms with Gasteiger partial charge in [0.1, 0.15) is 85.3 Å². The number of rotatable bonds is 63. The van der Waals surface area contributed by atoms with E-state index >= 15 is 0 Å². The number of nitrogens with one attached hydrogen (secondary N) is 3. The molecule has 666 valence electrons. The number of phosphoric acid groups is 5. The molecule has 0 saturated carbocycles. The third kappa shape index (κ3) is 40.6. The molecule has 4 rings (SSSR count). The van der Waals surface area contributed by atoms with Crippen LogP contribution in [0.15, 0.2) is 0 Å². The number of hydrogen-bond donors (Lipinski definition) is 17. The molecular formula is C63H122N3O42P5. The molecule has 0 aromatic heterocycles. The molecular weight excluding hydrogens is 1630 g/mol. The van der Waals surface area contributed by atoms with Crippen molar-refractivity contribution in [1.82, 2.24) is 16.0 Å². The molecule has 4 heterocycles. The maximum Gasteiger partial charge on any atom is 0.472 e. The number of carbonyl (C=O) groups excluding carboxylic acids is 3. The first-order valence-electron chi connectivity index (χ1n) is 37.4. The lowest BCUT2D eigenvalue weighted by atomic mass is 9.92. The minimum atomic E-state index is -5.14. The van der Waals surface area contributed by atoms with Crippen molar-refractivity contribution in [3.05, 3.63) is 0 Å². The molecule has 4 saturated heterocycles. The van der Waals surface area contributed by atoms with Crippen LogP contribution in [0.3, 0.4) is 0 Å². The van der Waals surface area contributed by atoms with E-state index in [4.69, 9.17) is 88.1 Å². The zero-order valence-corrected chi connectivity index (χ0v) is 68.7. The molecule has 0 aromatic rings. The predicted octanol–water partition coefficient (Wildman–Crippen LogP) is -0.401. The van der Waals surface area contributed by atoms with Crippen molar-refractivity contribution in [2.45, 2.75) is 241 Å². The monoisotopic (exact) mass is 1750 g/mol. The Balaban J connectivity index is 1.34. The lowest BCUT2D eigenvalue weighted by molar-refractivity contribution is -0.270. The van der Waals surface area contributed by atoms with Gasteiger partial charge < -0.3 is 134 Å². The summed E-state index contributed by atoms with van der Waals surface area (Å²) in [6.07, 6.45) is -13.5. The molecule has 4 fully saturated rings. The van der Waals surface area contributed by atoms with Gasteiger partial charge in [0, 0.05) is 73.9 Å². The Morgan fingerprint density at radius 2 is 0.664 bits per heavy atom. The maximum atomic E-state index is 13.7. The van der Waals surface area contributed by atoms with Crippen LogP contribution in [-0.4, -0.2) is 338 Å². The summed E-state index contributed by atoms with van der Waals surface area (Å²) in [5, 5.41) is 98.4. The van der Waals surface area contributed by atoms with Crippen LogP contribution in [0.25, 0.3) is 0 Å². The van der Waals surface area contributed by atoms with Gasteiger partial charge in [0.2, 0.25) is 17.7 Å². The summed E-state index contributed by atoms with van der Waals surface area (Å²) in [7, 11) is -22.6. The largest absolute Gasteiger partial charge is 0.472 e. The van der Waals surface area contributed by atoms with Crippen LogP contribution in [-0.2, 0) is 130 Å². The normalized spacial score (nSPS) is 30.1. The Bertz CT molecular complexity index is 2690. The van der Waals surface area contributed by atoms with Gasteiger partial charge in [0.05, 0.1) is 104 Å². The standard InChI is InChI=1S/C63H122N3O42P5/c1-42-33-46(108-109(79,80)89-5)50(104-42)37-102-113(87,88)103-41-63(38-90-21-18-30-99-110(81,82)96-27-15-9-6-12-24-93-60-51(64-43(2)70)57(76)54(73)47(34-67)105-60,39-91-22-19-31-100-111(83,84)97-28-16-10-7-13-25-94-61-52(65-44(3)71)58(77)55(74)48(35-68)106-61)40-92-23-20-32-101-112(85,86)98-29-17-11-8-14-26-95-62-53(66-45(4)72)59(78)56(75)49(36-69)107-62/h42,46-62,67-69,73-78H,6-41H2,1-5H3,(H,64,70)(H,65,71)(H,66,72)(H,79,80)(H,81,82)(H,83,84)(H,85,86)(H,87,88)/t42-,46?,47?,48?,49?,50+,51-,52-,53-,54-,55-,56-,57?,58?,59?,60+,61+,62+,63?/m0/s1. The summed E-state index contributed by atoms with van der Waals surface area (Å²) in [5.41, 5.74) is -1.60. The SMILES string of the molecule is COP(=O)(O)OC1C[C@H](C)O[C@@H]1COP(=O)(O)OCC(COCCCOP(=O)(O)OCCCCCCO[C@@H]1OC(CO)[C@H](O)C(O)[C@@H]1NC(C)=O)(COCCCOP(=O)(O)OCCCCCCO[C@@H]1OC(CO)[C@H](O)C(O)[C@@H]1NC(C)=O)COCCCOP(=O)(O)OCCCCCCO[C@@H]1OC(CO)[C@H](O)C(O)[C@@H]1NC(C)=O. The molecule has 0 aromatic carbocycles. The predicted molar refractivity (Wildman–Crippen MR) is 386 cm³/mol. The smallest absolute Gasteiger partial charge is 0.394 e. The second-order valence-electron chi connectivity index (χ2n) is 27.3. The number of aliphatic hydroxyl groups is 9. The number of unbranched alkanes of at least 4 members (excludes halogenated alkanes) is 9. The first-order chi connectivity index (χ1) is 53.4. The molecule has 4 aliphatic rings. The van der Waals surface area contributed by atoms with Crippen LogP contribution in [0.1, 0.15) is 130 Å². The molecule has 3 amide bonds. The van der Waals surface area contributed by atoms with E-state index in [1.54, 1.807) is 6.92 Å². The molecule has 4 aliphatic heterocycles. The maximum absolute atomic E-state index is 13.7. The molecule has 0 radical (unpaired) electrons. The van der Waals surface area contributed by atoms with Gasteiger partial charge >= 0.3 is 39.1 Å². The van der Waals surface area contributed by atoms with Crippen LogP contribution >= 0.6 is 39.1 Å². The first-order valence-corrected chi connectivity index (χ1v) is 44.9. The van der Waals surface area contributed by atoms with Crippen molar-refractivity contribution in [3.8, 4) is 0 Å². The second-order valence-corrected chi connectivity index (χ2v) is 34.7. The van der Waals surface area contributed by atoms with Gasteiger partial charge in [-0.2, -0.15) is 0 Å². The van der Waals surface area contributed by atoms with Crippen molar-refractivity contribution in [3.63, 3.8) is 0 Å². The molecule has 50 heteroatoms. The topological polar surface area (TPSA) is 640 Å². The fourth-order valence-electron chi connectivity index (χ4n) is 11.7. The van der Waals surface area contributed by atoms with E-state index < -0.39 is 225 Å². The Hall–Kier alpha value is -1.80. The fourth-order valence-corrected chi connectivity index (χ4v) is 15.6. The summed E-state index contributed by atoms with van der Waals surface area (Å²) < 4.78 is 174. The van der Waals surface area contributed by atoms with Crippen LogP contribution in [0, 0.1) is 5.41 Å². The molecule has 113 heavy (non-hydrogen) atoms. The average Bonchev–Trinajstić information content (AvgIpc) is 1.50. The lowest BCUT2D eigenvalue weighted by Gasteiger charge is -2.42. The number of carbonyl (C=O) groups is 3. The number of amides is 3. The number of hydrogen-bond acceptors (Lipinski definition) is 37. The molecule has 17 N–H and O–H groups in total. The molecule has 0 aliphatic carbocycles. The van der Waals surface area contributed by atoms with Crippen LogP contribution < -0.4 is 16.0 Å². The van der Waals surface area contributed by atoms with Crippen LogP contribution in [0.2, 0.25) is 0 Å². The minimum absolute atomic E-state index is 0.0504. The number of phosphoric ester groups is 5. The Kier molecular flexibility index (Phi) is 49.4. The third-order valence-corrected chi connectivity index (χ3v) is 22.6. The van der Waals surface area contributed by atoms with Gasteiger partial charge in [-0.1, -0.05) is 38.5 Å². The summed E-state index contributed by atoms with van der Waals surface area (Å²) in [4.78, 5) is 87.8. The molecule has 45 nitrogen and oxygen atoms in total. The second kappa shape index (κ2) is 53.9. The highest BCUT2D eigenvalue weighted by molar-refractivity contribution is 7.48. The number of aliphatic hydroxyl groups excluding tert-OH is 9. The van der Waals surface area contributed by atoms with E-state index in [0.29, 0.717) is 77.0 Å². The van der Waals surface area contributed by atoms with Crippen molar-refractivity contribution in [1.29, 1.82) is 0 Å². The van der Waals surface area contributed by atoms with Crippen molar-refractivity contribution < 1.29 is 200 Å². The Morgan fingerprint density at radius 1 is 0.372 bits per heavy atom. The van der Waals surface area contributed by atoms with E-state index in [-0.39, 0.29) is 105 Å². The minimum Gasteiger partial charge on any atom is -0.394 e. The lowest BCUT2D eigenvalue weighted by Crippen LogP contribution is -2.64. The quantitative estimate of drug-likeness (QED) is 0.0272. The van der Waals surface area contributed by atoms with Crippen molar-refractivity contribution >= 4 is 56.8 Å². The number of ether oxygens (including phenoxy) is 10. The average molecular weight is 1750 g/mol. The highest BCUT2D eigenvalue weighted by Crippen LogP contribution is 2.50. The summed E-state index contributed by atoms with van der Waals surface area (Å²) in [6, 6.07) is -3.35. The summed E-state index contributed by atoms with van der Waals surface area (Å²) in [5.74, 6) is -1.55. The van der Waals surface area contributed by atoms with Gasteiger partial charge in [-0.3, -0.25) is 59.6 Å². The molecule has 12 unspecified atom stereocenters.